The Bertz CT molecular complexity index is 551. The normalized spacial score (nSPS) is 19.8. The van der Waals surface area contributed by atoms with E-state index in [-0.39, 0.29) is 19.3 Å². The molecule has 116 valence electrons. The molecule has 0 heterocycles. The summed E-state index contributed by atoms with van der Waals surface area (Å²) in [7, 11) is 0. The van der Waals surface area contributed by atoms with Gasteiger partial charge in [0.25, 0.3) is 0 Å². The molecule has 0 fully saturated rings. The number of rotatable bonds is 3. The van der Waals surface area contributed by atoms with Crippen molar-refractivity contribution in [1.82, 2.24) is 0 Å². The van der Waals surface area contributed by atoms with E-state index in [0.29, 0.717) is 5.75 Å². The monoisotopic (exact) mass is 366 g/mol. The van der Waals surface area contributed by atoms with E-state index in [4.69, 9.17) is 4.74 Å². The fraction of sp³-hybridized carbons (Fsp3) is 0.467. The van der Waals surface area contributed by atoms with Gasteiger partial charge in [0.15, 0.2) is 6.10 Å². The van der Waals surface area contributed by atoms with Crippen LogP contribution >= 0.6 is 15.9 Å². The van der Waals surface area contributed by atoms with Crippen molar-refractivity contribution in [1.29, 1.82) is 0 Å². The molecule has 0 aliphatic heterocycles. The molecule has 1 aromatic rings. The SMILES string of the molecule is CCc1ccc(OC2CCCC(C(F)(F)F)=C2F)cc1Br. The van der Waals surface area contributed by atoms with Crippen molar-refractivity contribution < 1.29 is 22.3 Å². The van der Waals surface area contributed by atoms with E-state index < -0.39 is 23.7 Å². The highest BCUT2D eigenvalue weighted by molar-refractivity contribution is 9.10. The number of allylic oxidation sites excluding steroid dienone is 1. The predicted octanol–water partition coefficient (Wildman–Crippen LogP) is 5.73. The van der Waals surface area contributed by atoms with Crippen molar-refractivity contribution in [2.24, 2.45) is 0 Å². The summed E-state index contributed by atoms with van der Waals surface area (Å²) < 4.78 is 58.3. The van der Waals surface area contributed by atoms with Gasteiger partial charge in [-0.1, -0.05) is 28.9 Å². The van der Waals surface area contributed by atoms with Gasteiger partial charge in [-0.05, 0) is 43.4 Å². The van der Waals surface area contributed by atoms with Crippen molar-refractivity contribution in [3.05, 3.63) is 39.6 Å². The van der Waals surface area contributed by atoms with Crippen molar-refractivity contribution in [3.63, 3.8) is 0 Å². The van der Waals surface area contributed by atoms with Crippen LogP contribution in [0.25, 0.3) is 0 Å². The molecule has 0 saturated heterocycles. The van der Waals surface area contributed by atoms with Gasteiger partial charge in [0, 0.05) is 4.47 Å². The molecule has 0 amide bonds. The van der Waals surface area contributed by atoms with Gasteiger partial charge in [-0.2, -0.15) is 13.2 Å². The van der Waals surface area contributed by atoms with Gasteiger partial charge in [0.05, 0.1) is 5.57 Å². The Hall–Kier alpha value is -1.04. The molecule has 0 aromatic heterocycles. The van der Waals surface area contributed by atoms with Crippen LogP contribution in [0.2, 0.25) is 0 Å². The summed E-state index contributed by atoms with van der Waals surface area (Å²) >= 11 is 3.37. The summed E-state index contributed by atoms with van der Waals surface area (Å²) in [5.74, 6) is -0.827. The Balaban J connectivity index is 2.21. The Morgan fingerprint density at radius 3 is 2.62 bits per heavy atom. The Morgan fingerprint density at radius 2 is 2.05 bits per heavy atom. The van der Waals surface area contributed by atoms with E-state index in [1.165, 1.54) is 0 Å². The molecule has 1 aliphatic rings. The molecular formula is C15H15BrF4O. The minimum Gasteiger partial charge on any atom is -0.483 e. The van der Waals surface area contributed by atoms with Crippen LogP contribution in [0.5, 0.6) is 5.75 Å². The first-order valence-electron chi connectivity index (χ1n) is 6.73. The third-order valence-electron chi connectivity index (χ3n) is 3.49. The first-order valence-corrected chi connectivity index (χ1v) is 7.53. The maximum atomic E-state index is 14.0. The molecule has 0 N–H and O–H groups in total. The van der Waals surface area contributed by atoms with E-state index in [9.17, 15) is 17.6 Å². The number of alkyl halides is 3. The summed E-state index contributed by atoms with van der Waals surface area (Å²) in [6.45, 7) is 1.99. The van der Waals surface area contributed by atoms with Crippen LogP contribution in [0.15, 0.2) is 34.1 Å². The van der Waals surface area contributed by atoms with Gasteiger partial charge >= 0.3 is 6.18 Å². The standard InChI is InChI=1S/C15H15BrF4O/c1-2-9-6-7-10(8-12(9)16)21-13-5-3-4-11(14(13)17)15(18,19)20/h6-8,13H,2-5H2,1H3. The zero-order valence-corrected chi connectivity index (χ0v) is 13.0. The van der Waals surface area contributed by atoms with Crippen LogP contribution < -0.4 is 4.74 Å². The molecule has 1 aromatic carbocycles. The predicted molar refractivity (Wildman–Crippen MR) is 76.0 cm³/mol. The van der Waals surface area contributed by atoms with Crippen LogP contribution in [0.1, 0.15) is 31.7 Å². The maximum Gasteiger partial charge on any atom is 0.415 e. The highest BCUT2D eigenvalue weighted by Crippen LogP contribution is 2.39. The molecule has 6 heteroatoms. The van der Waals surface area contributed by atoms with Gasteiger partial charge in [0.1, 0.15) is 11.6 Å². The molecule has 1 aliphatic carbocycles. The molecular weight excluding hydrogens is 352 g/mol. The molecule has 0 radical (unpaired) electrons. The zero-order valence-electron chi connectivity index (χ0n) is 11.4. The van der Waals surface area contributed by atoms with Gasteiger partial charge < -0.3 is 4.74 Å². The third-order valence-corrected chi connectivity index (χ3v) is 4.23. The number of benzene rings is 1. The molecule has 1 unspecified atom stereocenters. The number of ether oxygens (including phenoxy) is 1. The van der Waals surface area contributed by atoms with Crippen LogP contribution in [0.3, 0.4) is 0 Å². The van der Waals surface area contributed by atoms with Crippen molar-refractivity contribution in [2.75, 3.05) is 0 Å². The lowest BCUT2D eigenvalue weighted by Crippen LogP contribution is -2.27. The van der Waals surface area contributed by atoms with Gasteiger partial charge in [-0.3, -0.25) is 0 Å². The lowest BCUT2D eigenvalue weighted by atomic mass is 9.95. The highest BCUT2D eigenvalue weighted by Gasteiger charge is 2.41. The topological polar surface area (TPSA) is 9.23 Å². The fourth-order valence-corrected chi connectivity index (χ4v) is 2.98. The van der Waals surface area contributed by atoms with Crippen molar-refractivity contribution >= 4 is 15.9 Å². The van der Waals surface area contributed by atoms with Crippen LogP contribution in [0.4, 0.5) is 17.6 Å². The molecule has 0 spiro atoms. The Morgan fingerprint density at radius 1 is 1.33 bits per heavy atom. The number of hydrogen-bond acceptors (Lipinski definition) is 1. The second-order valence-electron chi connectivity index (χ2n) is 4.93. The molecule has 2 rings (SSSR count). The van der Waals surface area contributed by atoms with Gasteiger partial charge in [0.2, 0.25) is 0 Å². The van der Waals surface area contributed by atoms with Crippen molar-refractivity contribution in [2.45, 2.75) is 44.9 Å². The smallest absolute Gasteiger partial charge is 0.415 e. The molecule has 0 saturated carbocycles. The maximum absolute atomic E-state index is 14.0. The van der Waals surface area contributed by atoms with Gasteiger partial charge in [-0.25, -0.2) is 4.39 Å². The average molecular weight is 367 g/mol. The Kier molecular flexibility index (Phi) is 4.96. The minimum absolute atomic E-state index is 0.249. The van der Waals surface area contributed by atoms with Crippen molar-refractivity contribution in [3.8, 4) is 5.75 Å². The fourth-order valence-electron chi connectivity index (χ4n) is 2.34. The van der Waals surface area contributed by atoms with E-state index in [1.807, 2.05) is 13.0 Å². The Labute approximate surface area is 129 Å². The van der Waals surface area contributed by atoms with Gasteiger partial charge in [-0.15, -0.1) is 0 Å². The second-order valence-corrected chi connectivity index (χ2v) is 5.78. The number of aryl methyl sites for hydroxylation is 1. The molecule has 21 heavy (non-hydrogen) atoms. The van der Waals surface area contributed by atoms with Crippen LogP contribution in [0, 0.1) is 0 Å². The van der Waals surface area contributed by atoms with Crippen LogP contribution in [-0.4, -0.2) is 12.3 Å². The first kappa shape index (κ1) is 16.3. The van der Waals surface area contributed by atoms with E-state index in [1.54, 1.807) is 12.1 Å². The molecule has 0 bridgehead atoms. The summed E-state index contributed by atoms with van der Waals surface area (Å²) in [5.41, 5.74) is -0.0408. The highest BCUT2D eigenvalue weighted by atomic mass is 79.9. The lowest BCUT2D eigenvalue weighted by molar-refractivity contribution is -0.0990. The largest absolute Gasteiger partial charge is 0.483 e. The average Bonchev–Trinajstić information content (AvgIpc) is 2.40. The first-order chi connectivity index (χ1) is 9.82. The van der Waals surface area contributed by atoms with E-state index in [2.05, 4.69) is 15.9 Å². The summed E-state index contributed by atoms with van der Waals surface area (Å²) in [6.07, 6.45) is -4.74. The second kappa shape index (κ2) is 6.38. The summed E-state index contributed by atoms with van der Waals surface area (Å²) in [5, 5.41) is 0. The third kappa shape index (κ3) is 3.78. The van der Waals surface area contributed by atoms with E-state index in [0.717, 1.165) is 16.5 Å². The minimum atomic E-state index is -4.63. The lowest BCUT2D eigenvalue weighted by Gasteiger charge is -2.25. The number of halogens is 5. The molecule has 1 atom stereocenters. The quantitative estimate of drug-likeness (QED) is 0.620. The number of hydrogen-bond donors (Lipinski definition) is 0. The van der Waals surface area contributed by atoms with Crippen LogP contribution in [-0.2, 0) is 6.42 Å². The summed E-state index contributed by atoms with van der Waals surface area (Å²) in [6, 6.07) is 5.13. The zero-order chi connectivity index (χ0) is 15.6. The molecule has 1 nitrogen and oxygen atoms in total. The van der Waals surface area contributed by atoms with E-state index >= 15 is 0 Å². The summed E-state index contributed by atoms with van der Waals surface area (Å²) in [4.78, 5) is 0.